The second kappa shape index (κ2) is 5.85. The average Bonchev–Trinajstić information content (AvgIpc) is 2.46. The summed E-state index contributed by atoms with van der Waals surface area (Å²) in [6.45, 7) is 3.08. The summed E-state index contributed by atoms with van der Waals surface area (Å²) in [6, 6.07) is 4.32. The van der Waals surface area contributed by atoms with Gasteiger partial charge in [0.1, 0.15) is 0 Å². The van der Waals surface area contributed by atoms with E-state index >= 15 is 0 Å². The Hall–Kier alpha value is -1.27. The second-order valence-electron chi connectivity index (χ2n) is 5.73. The zero-order valence-corrected chi connectivity index (χ0v) is 12.3. The molecule has 6 heteroatoms. The molecule has 118 valence electrons. The van der Waals surface area contributed by atoms with E-state index < -0.39 is 17.3 Å². The van der Waals surface area contributed by atoms with Crippen LogP contribution in [0.2, 0.25) is 0 Å². The van der Waals surface area contributed by atoms with Gasteiger partial charge >= 0.3 is 6.18 Å². The van der Waals surface area contributed by atoms with Crippen LogP contribution in [-0.2, 0) is 17.5 Å². The summed E-state index contributed by atoms with van der Waals surface area (Å²) >= 11 is 0. The molecule has 0 saturated carbocycles. The Morgan fingerprint density at radius 1 is 1.38 bits per heavy atom. The number of halogens is 3. The van der Waals surface area contributed by atoms with E-state index in [1.165, 1.54) is 6.07 Å². The van der Waals surface area contributed by atoms with Crippen LogP contribution in [0.25, 0.3) is 0 Å². The summed E-state index contributed by atoms with van der Waals surface area (Å²) in [5, 5.41) is 0. The minimum Gasteiger partial charge on any atom is -0.377 e. The fourth-order valence-electron chi connectivity index (χ4n) is 2.79. The number of anilines is 1. The fourth-order valence-corrected chi connectivity index (χ4v) is 2.79. The third-order valence-corrected chi connectivity index (χ3v) is 4.09. The van der Waals surface area contributed by atoms with E-state index in [0.717, 1.165) is 18.9 Å². The first kappa shape index (κ1) is 16.1. The molecule has 0 amide bonds. The van der Waals surface area contributed by atoms with E-state index in [4.69, 9.17) is 10.5 Å². The van der Waals surface area contributed by atoms with Gasteiger partial charge in [0.05, 0.1) is 11.2 Å². The molecule has 1 saturated heterocycles. The molecule has 2 rings (SSSR count). The zero-order chi connectivity index (χ0) is 15.7. The van der Waals surface area contributed by atoms with Crippen LogP contribution in [0.3, 0.4) is 0 Å². The fraction of sp³-hybridized carbons (Fsp3) is 0.600. The normalized spacial score (nSPS) is 23.4. The number of hydrogen-bond donors (Lipinski definition) is 1. The first-order chi connectivity index (χ1) is 9.79. The summed E-state index contributed by atoms with van der Waals surface area (Å²) < 4.78 is 45.3. The van der Waals surface area contributed by atoms with Crippen LogP contribution in [0.5, 0.6) is 0 Å². The monoisotopic (exact) mass is 302 g/mol. The molecule has 2 N–H and O–H groups in total. The lowest BCUT2D eigenvalue weighted by molar-refractivity contribution is -0.137. The maximum Gasteiger partial charge on any atom is 0.418 e. The van der Waals surface area contributed by atoms with Gasteiger partial charge in [-0.15, -0.1) is 0 Å². The predicted molar refractivity (Wildman–Crippen MR) is 76.2 cm³/mol. The molecule has 1 fully saturated rings. The minimum atomic E-state index is -4.39. The molecule has 0 aromatic heterocycles. The number of methoxy groups -OCH3 is 1. The van der Waals surface area contributed by atoms with Gasteiger partial charge in [-0.2, -0.15) is 13.2 Å². The van der Waals surface area contributed by atoms with Gasteiger partial charge in [-0.25, -0.2) is 0 Å². The van der Waals surface area contributed by atoms with Crippen molar-refractivity contribution < 1.29 is 17.9 Å². The lowest BCUT2D eigenvalue weighted by Crippen LogP contribution is -2.48. The molecule has 1 aromatic carbocycles. The summed E-state index contributed by atoms with van der Waals surface area (Å²) in [6.07, 6.45) is -2.73. The third kappa shape index (κ3) is 3.49. The molecule has 1 atom stereocenters. The summed E-state index contributed by atoms with van der Waals surface area (Å²) in [5.41, 5.74) is 5.12. The molecule has 0 radical (unpaired) electrons. The molecule has 1 unspecified atom stereocenters. The number of rotatable bonds is 3. The van der Waals surface area contributed by atoms with Gasteiger partial charge in [0, 0.05) is 32.4 Å². The Bertz CT molecular complexity index is 504. The van der Waals surface area contributed by atoms with E-state index in [0.29, 0.717) is 18.7 Å². The Balaban J connectivity index is 2.39. The summed E-state index contributed by atoms with van der Waals surface area (Å²) in [4.78, 5) is 1.76. The van der Waals surface area contributed by atoms with E-state index in [1.54, 1.807) is 18.1 Å². The molecule has 1 aromatic rings. The van der Waals surface area contributed by atoms with Crippen molar-refractivity contribution in [3.63, 3.8) is 0 Å². The predicted octanol–water partition coefficient (Wildman–Crippen LogP) is 3.17. The maximum absolute atomic E-state index is 13.3. The highest BCUT2D eigenvalue weighted by Crippen LogP contribution is 2.39. The third-order valence-electron chi connectivity index (χ3n) is 4.09. The topological polar surface area (TPSA) is 38.5 Å². The van der Waals surface area contributed by atoms with E-state index in [9.17, 15) is 13.2 Å². The van der Waals surface area contributed by atoms with Crippen molar-refractivity contribution in [3.8, 4) is 0 Å². The Morgan fingerprint density at radius 3 is 2.67 bits per heavy atom. The highest BCUT2D eigenvalue weighted by molar-refractivity contribution is 5.57. The lowest BCUT2D eigenvalue weighted by atomic mass is 9.93. The van der Waals surface area contributed by atoms with Gasteiger partial charge in [0.2, 0.25) is 0 Å². The van der Waals surface area contributed by atoms with Crippen LogP contribution in [0, 0.1) is 0 Å². The molecule has 0 aliphatic carbocycles. The molecule has 0 spiro atoms. The number of nitrogens with zero attached hydrogens (tertiary/aromatic N) is 1. The SMILES string of the molecule is COC1(C)CCCN(c2ccc(CN)cc2C(F)(F)F)C1. The van der Waals surface area contributed by atoms with Crippen LogP contribution in [0.15, 0.2) is 18.2 Å². The average molecular weight is 302 g/mol. The van der Waals surface area contributed by atoms with Crippen molar-refractivity contribution in [1.82, 2.24) is 0 Å². The van der Waals surface area contributed by atoms with E-state index in [-0.39, 0.29) is 12.2 Å². The highest BCUT2D eigenvalue weighted by atomic mass is 19.4. The largest absolute Gasteiger partial charge is 0.418 e. The van der Waals surface area contributed by atoms with Crippen LogP contribution in [-0.4, -0.2) is 25.8 Å². The minimum absolute atomic E-state index is 0.0964. The second-order valence-corrected chi connectivity index (χ2v) is 5.73. The van der Waals surface area contributed by atoms with Crippen LogP contribution in [0.1, 0.15) is 30.9 Å². The van der Waals surface area contributed by atoms with E-state index in [1.807, 2.05) is 6.92 Å². The molecule has 1 aliphatic heterocycles. The van der Waals surface area contributed by atoms with Crippen molar-refractivity contribution in [2.24, 2.45) is 5.73 Å². The Morgan fingerprint density at radius 2 is 2.10 bits per heavy atom. The van der Waals surface area contributed by atoms with Crippen LogP contribution < -0.4 is 10.6 Å². The van der Waals surface area contributed by atoms with Gasteiger partial charge in [-0.3, -0.25) is 0 Å². The van der Waals surface area contributed by atoms with Crippen molar-refractivity contribution in [1.29, 1.82) is 0 Å². The standard InChI is InChI=1S/C15H21F3N2O/c1-14(21-2)6-3-7-20(10-14)13-5-4-11(9-19)8-12(13)15(16,17)18/h4-5,8H,3,6-7,9-10,19H2,1-2H3. The van der Waals surface area contributed by atoms with E-state index in [2.05, 4.69) is 0 Å². The first-order valence-electron chi connectivity index (χ1n) is 6.99. The number of benzene rings is 1. The number of nitrogens with two attached hydrogens (primary N) is 1. The molecular weight excluding hydrogens is 281 g/mol. The first-order valence-corrected chi connectivity index (χ1v) is 6.99. The molecule has 3 nitrogen and oxygen atoms in total. The quantitative estimate of drug-likeness (QED) is 0.932. The van der Waals surface area contributed by atoms with Crippen molar-refractivity contribution >= 4 is 5.69 Å². The Kier molecular flexibility index (Phi) is 4.49. The zero-order valence-electron chi connectivity index (χ0n) is 12.3. The maximum atomic E-state index is 13.3. The van der Waals surface area contributed by atoms with Gasteiger partial charge in [-0.05, 0) is 37.5 Å². The summed E-state index contributed by atoms with van der Waals surface area (Å²) in [5.74, 6) is 0. The summed E-state index contributed by atoms with van der Waals surface area (Å²) in [7, 11) is 1.60. The molecule has 1 heterocycles. The van der Waals surface area contributed by atoms with Gasteiger partial charge in [-0.1, -0.05) is 6.07 Å². The van der Waals surface area contributed by atoms with Gasteiger partial charge < -0.3 is 15.4 Å². The number of piperidine rings is 1. The smallest absolute Gasteiger partial charge is 0.377 e. The van der Waals surface area contributed by atoms with Crippen molar-refractivity contribution in [3.05, 3.63) is 29.3 Å². The molecule has 0 bridgehead atoms. The van der Waals surface area contributed by atoms with Crippen molar-refractivity contribution in [2.75, 3.05) is 25.1 Å². The van der Waals surface area contributed by atoms with Gasteiger partial charge in [0.15, 0.2) is 0 Å². The molecule has 21 heavy (non-hydrogen) atoms. The number of ether oxygens (including phenoxy) is 1. The number of hydrogen-bond acceptors (Lipinski definition) is 3. The molecule has 1 aliphatic rings. The van der Waals surface area contributed by atoms with Crippen LogP contribution in [0.4, 0.5) is 18.9 Å². The lowest BCUT2D eigenvalue weighted by Gasteiger charge is -2.41. The van der Waals surface area contributed by atoms with Gasteiger partial charge in [0.25, 0.3) is 0 Å². The highest BCUT2D eigenvalue weighted by Gasteiger charge is 2.38. The Labute approximate surface area is 122 Å². The molecular formula is C15H21F3N2O. The van der Waals surface area contributed by atoms with Crippen molar-refractivity contribution in [2.45, 2.75) is 38.1 Å². The van der Waals surface area contributed by atoms with Crippen LogP contribution >= 0.6 is 0 Å². The number of alkyl halides is 3.